The number of fused-ring (bicyclic) bond motifs is 3. The van der Waals surface area contributed by atoms with Crippen LogP contribution < -0.4 is 5.46 Å². The Morgan fingerprint density at radius 3 is 1.96 bits per heavy atom. The van der Waals surface area contributed by atoms with Crippen LogP contribution in [0.15, 0.2) is 66.7 Å². The zero-order valence-electron chi connectivity index (χ0n) is 12.7. The predicted molar refractivity (Wildman–Crippen MR) is 95.3 cm³/mol. The molecule has 3 aromatic carbocycles. The van der Waals surface area contributed by atoms with Gasteiger partial charge in [0.05, 0.1) is 22.7 Å². The fraction of sp³-hybridized carbons (Fsp3) is 0. The van der Waals surface area contributed by atoms with Crippen LogP contribution in [0.4, 0.5) is 0 Å². The third-order valence-corrected chi connectivity index (χ3v) is 4.26. The van der Waals surface area contributed by atoms with Gasteiger partial charge in [-0.25, -0.2) is 0 Å². The van der Waals surface area contributed by atoms with Crippen molar-refractivity contribution in [3.8, 4) is 11.8 Å². The molecule has 114 valence electrons. The van der Waals surface area contributed by atoms with Crippen LogP contribution in [0, 0.1) is 11.3 Å². The van der Waals surface area contributed by atoms with Crippen molar-refractivity contribution in [3.05, 3.63) is 72.3 Å². The Morgan fingerprint density at radius 1 is 0.833 bits per heavy atom. The van der Waals surface area contributed by atoms with Gasteiger partial charge in [-0.3, -0.25) is 0 Å². The Labute approximate surface area is 139 Å². The van der Waals surface area contributed by atoms with Crippen molar-refractivity contribution in [2.75, 3.05) is 0 Å². The van der Waals surface area contributed by atoms with Crippen molar-refractivity contribution in [1.29, 1.82) is 5.26 Å². The summed E-state index contributed by atoms with van der Waals surface area (Å²) in [5.41, 5.74) is 3.31. The minimum atomic E-state index is -1.66. The van der Waals surface area contributed by atoms with Crippen molar-refractivity contribution in [2.45, 2.75) is 0 Å². The van der Waals surface area contributed by atoms with Crippen molar-refractivity contribution < 1.29 is 10.0 Å². The molecule has 0 atom stereocenters. The maximum atomic E-state index is 9.80. The summed E-state index contributed by atoms with van der Waals surface area (Å²) in [5, 5.41) is 30.9. The summed E-state index contributed by atoms with van der Waals surface area (Å²) in [5.74, 6) is 0. The number of hydrogen-bond acceptors (Lipinski definition) is 3. The molecule has 0 spiro atoms. The summed E-state index contributed by atoms with van der Waals surface area (Å²) in [7, 11) is -1.66. The molecule has 0 saturated carbocycles. The van der Waals surface area contributed by atoms with Crippen LogP contribution in [0.25, 0.3) is 27.5 Å². The van der Waals surface area contributed by atoms with Gasteiger partial charge in [-0.1, -0.05) is 36.4 Å². The van der Waals surface area contributed by atoms with Gasteiger partial charge in [-0.15, -0.1) is 0 Å². The molecule has 1 aromatic heterocycles. The fourth-order valence-corrected chi connectivity index (χ4v) is 3.22. The van der Waals surface area contributed by atoms with Crippen molar-refractivity contribution in [2.24, 2.45) is 0 Å². The third kappa shape index (κ3) is 2.09. The highest BCUT2D eigenvalue weighted by Crippen LogP contribution is 2.31. The average molecular weight is 312 g/mol. The first-order valence-corrected chi connectivity index (χ1v) is 7.59. The van der Waals surface area contributed by atoms with Gasteiger partial charge in [0, 0.05) is 21.9 Å². The first-order chi connectivity index (χ1) is 11.7. The van der Waals surface area contributed by atoms with Gasteiger partial charge >= 0.3 is 7.12 Å². The van der Waals surface area contributed by atoms with Gasteiger partial charge < -0.3 is 14.6 Å². The highest BCUT2D eigenvalue weighted by molar-refractivity contribution is 6.60. The van der Waals surface area contributed by atoms with Crippen molar-refractivity contribution in [3.63, 3.8) is 0 Å². The standard InChI is InChI=1S/C19H13BN2O2/c21-12-13-9-10-19(16(11-13)20(23)24)22-17-7-3-1-5-14(17)15-6-2-4-8-18(15)22/h1-11,23-24H. The number of rotatable bonds is 2. The number of nitriles is 1. The van der Waals surface area contributed by atoms with E-state index < -0.39 is 7.12 Å². The molecule has 0 amide bonds. The SMILES string of the molecule is N#Cc1ccc(-n2c3ccccc3c3ccccc32)c(B(O)O)c1. The number of aromatic nitrogens is 1. The largest absolute Gasteiger partial charge is 0.490 e. The topological polar surface area (TPSA) is 69.2 Å². The van der Waals surface area contributed by atoms with Crippen LogP contribution in [0.5, 0.6) is 0 Å². The Kier molecular flexibility index (Phi) is 3.35. The summed E-state index contributed by atoms with van der Waals surface area (Å²) in [4.78, 5) is 0. The van der Waals surface area contributed by atoms with Gasteiger partial charge in [0.15, 0.2) is 0 Å². The molecule has 0 saturated heterocycles. The van der Waals surface area contributed by atoms with E-state index in [0.29, 0.717) is 16.7 Å². The first kappa shape index (κ1) is 14.5. The smallest absolute Gasteiger partial charge is 0.423 e. The summed E-state index contributed by atoms with van der Waals surface area (Å²) in [6.45, 7) is 0. The lowest BCUT2D eigenvalue weighted by atomic mass is 9.78. The van der Waals surface area contributed by atoms with Gasteiger partial charge in [-0.05, 0) is 30.3 Å². The number of hydrogen-bond donors (Lipinski definition) is 2. The molecule has 4 aromatic rings. The monoisotopic (exact) mass is 312 g/mol. The molecule has 1 heterocycles. The second kappa shape index (κ2) is 5.53. The first-order valence-electron chi connectivity index (χ1n) is 7.59. The molecule has 2 N–H and O–H groups in total. The van der Waals surface area contributed by atoms with E-state index in [9.17, 15) is 10.0 Å². The fourth-order valence-electron chi connectivity index (χ4n) is 3.22. The van der Waals surface area contributed by atoms with E-state index in [4.69, 9.17) is 5.26 Å². The van der Waals surface area contributed by atoms with E-state index in [1.165, 1.54) is 6.07 Å². The lowest BCUT2D eigenvalue weighted by Gasteiger charge is -2.13. The average Bonchev–Trinajstić information content (AvgIpc) is 2.95. The lowest BCUT2D eigenvalue weighted by molar-refractivity contribution is 0.425. The summed E-state index contributed by atoms with van der Waals surface area (Å²) in [6, 6.07) is 23.0. The van der Waals surface area contributed by atoms with E-state index in [-0.39, 0.29) is 0 Å². The minimum Gasteiger partial charge on any atom is -0.423 e. The third-order valence-electron chi connectivity index (χ3n) is 4.26. The molecule has 5 heteroatoms. The molecule has 4 rings (SSSR count). The Bertz CT molecular complexity index is 1060. The molecular formula is C19H13BN2O2. The van der Waals surface area contributed by atoms with Crippen molar-refractivity contribution >= 4 is 34.4 Å². The van der Waals surface area contributed by atoms with E-state index in [1.54, 1.807) is 12.1 Å². The molecular weight excluding hydrogens is 299 g/mol. The zero-order chi connectivity index (χ0) is 16.7. The molecule has 0 unspecified atom stereocenters. The second-order valence-corrected chi connectivity index (χ2v) is 5.63. The second-order valence-electron chi connectivity index (χ2n) is 5.63. The maximum absolute atomic E-state index is 9.80. The summed E-state index contributed by atoms with van der Waals surface area (Å²) in [6.07, 6.45) is 0. The molecule has 0 aliphatic heterocycles. The Morgan fingerprint density at radius 2 is 1.42 bits per heavy atom. The molecule has 0 aliphatic rings. The highest BCUT2D eigenvalue weighted by atomic mass is 16.4. The minimum absolute atomic E-state index is 0.306. The molecule has 24 heavy (non-hydrogen) atoms. The Balaban J connectivity index is 2.16. The van der Waals surface area contributed by atoms with Crippen LogP contribution in [-0.2, 0) is 0 Å². The van der Waals surface area contributed by atoms with Crippen LogP contribution >= 0.6 is 0 Å². The zero-order valence-corrected chi connectivity index (χ0v) is 12.7. The number of para-hydroxylation sites is 2. The highest BCUT2D eigenvalue weighted by Gasteiger charge is 2.21. The van der Waals surface area contributed by atoms with Gasteiger partial charge in [-0.2, -0.15) is 5.26 Å². The molecule has 0 aliphatic carbocycles. The molecule has 0 bridgehead atoms. The van der Waals surface area contributed by atoms with Crippen molar-refractivity contribution in [1.82, 2.24) is 4.57 Å². The van der Waals surface area contributed by atoms with E-state index in [2.05, 4.69) is 0 Å². The molecule has 0 fully saturated rings. The van der Waals surface area contributed by atoms with Gasteiger partial charge in [0.2, 0.25) is 0 Å². The number of nitrogens with zero attached hydrogens (tertiary/aromatic N) is 2. The summed E-state index contributed by atoms with van der Waals surface area (Å²) < 4.78 is 2.00. The quantitative estimate of drug-likeness (QED) is 0.558. The lowest BCUT2D eigenvalue weighted by Crippen LogP contribution is -2.33. The van der Waals surface area contributed by atoms with E-state index in [1.807, 2.05) is 59.2 Å². The van der Waals surface area contributed by atoms with Crippen LogP contribution in [0.2, 0.25) is 0 Å². The van der Waals surface area contributed by atoms with E-state index in [0.717, 1.165) is 21.8 Å². The van der Waals surface area contributed by atoms with Crippen LogP contribution in [0.1, 0.15) is 5.56 Å². The number of benzene rings is 3. The molecule has 0 radical (unpaired) electrons. The predicted octanol–water partition coefficient (Wildman–Crippen LogP) is 2.34. The maximum Gasteiger partial charge on any atom is 0.490 e. The van der Waals surface area contributed by atoms with Gasteiger partial charge in [0.1, 0.15) is 0 Å². The van der Waals surface area contributed by atoms with Crippen LogP contribution in [-0.4, -0.2) is 21.7 Å². The van der Waals surface area contributed by atoms with Crippen LogP contribution in [0.3, 0.4) is 0 Å². The normalized spacial score (nSPS) is 10.9. The Hall–Kier alpha value is -3.07. The molecule has 4 nitrogen and oxygen atoms in total. The van der Waals surface area contributed by atoms with Gasteiger partial charge in [0.25, 0.3) is 0 Å². The summed E-state index contributed by atoms with van der Waals surface area (Å²) >= 11 is 0. The van der Waals surface area contributed by atoms with E-state index >= 15 is 0 Å².